The van der Waals surface area contributed by atoms with Crippen LogP contribution in [0, 0.1) is 0 Å². The highest BCUT2D eigenvalue weighted by Crippen LogP contribution is 2.18. The number of rotatable bonds is 2. The van der Waals surface area contributed by atoms with Gasteiger partial charge in [-0.25, -0.2) is 0 Å². The molecule has 0 heterocycles. The zero-order valence-electron chi connectivity index (χ0n) is 6.20. The Morgan fingerprint density at radius 2 is 2.09 bits per heavy atom. The summed E-state index contributed by atoms with van der Waals surface area (Å²) in [5.74, 6) is 0. The van der Waals surface area contributed by atoms with Crippen LogP contribution in [0.1, 0.15) is 5.56 Å². The molecule has 0 bridgehead atoms. The van der Waals surface area contributed by atoms with E-state index < -0.39 is 0 Å². The summed E-state index contributed by atoms with van der Waals surface area (Å²) in [6, 6.07) is 7.68. The normalized spacial score (nSPS) is 10.2. The van der Waals surface area contributed by atoms with Crippen molar-refractivity contribution in [3.8, 4) is 0 Å². The van der Waals surface area contributed by atoms with Crippen molar-refractivity contribution in [3.05, 3.63) is 36.0 Å². The fourth-order valence-electron chi connectivity index (χ4n) is 0.876. The summed E-state index contributed by atoms with van der Waals surface area (Å²) in [6.45, 7) is 3.45. The monoisotopic (exact) mass is 146 g/mol. The van der Waals surface area contributed by atoms with E-state index in [0.717, 1.165) is 11.3 Å². The maximum absolute atomic E-state index is 5.24. The van der Waals surface area contributed by atoms with Crippen LogP contribution in [0.2, 0.25) is 0 Å². The van der Waals surface area contributed by atoms with Gasteiger partial charge in [-0.1, -0.05) is 18.2 Å². The highest BCUT2D eigenvalue weighted by molar-refractivity contribution is 5.65. The SMILES string of the molecule is C=Nc1ccccc1/C=C\N. The standard InChI is InChI=1S/C9H10N2/c1-11-9-5-3-2-4-8(9)6-7-10/h2-7H,1,10H2/b7-6-. The number of hydrogen-bond donors (Lipinski definition) is 1. The largest absolute Gasteiger partial charge is 0.405 e. The van der Waals surface area contributed by atoms with Gasteiger partial charge in [0.05, 0.1) is 5.69 Å². The molecule has 0 atom stereocenters. The van der Waals surface area contributed by atoms with Crippen LogP contribution < -0.4 is 5.73 Å². The molecule has 0 aromatic heterocycles. The molecule has 11 heavy (non-hydrogen) atoms. The third-order valence-corrected chi connectivity index (χ3v) is 1.38. The fourth-order valence-corrected chi connectivity index (χ4v) is 0.876. The van der Waals surface area contributed by atoms with Gasteiger partial charge in [-0.3, -0.25) is 4.99 Å². The van der Waals surface area contributed by atoms with Crippen LogP contribution in [0.5, 0.6) is 0 Å². The van der Waals surface area contributed by atoms with Crippen LogP contribution in [-0.2, 0) is 0 Å². The van der Waals surface area contributed by atoms with Crippen LogP contribution >= 0.6 is 0 Å². The zero-order chi connectivity index (χ0) is 8.10. The highest BCUT2D eigenvalue weighted by Gasteiger charge is 1.91. The van der Waals surface area contributed by atoms with Gasteiger partial charge in [0.2, 0.25) is 0 Å². The first-order chi connectivity index (χ1) is 5.38. The Kier molecular flexibility index (Phi) is 2.44. The van der Waals surface area contributed by atoms with E-state index in [2.05, 4.69) is 11.7 Å². The van der Waals surface area contributed by atoms with Crippen molar-refractivity contribution in [2.75, 3.05) is 0 Å². The van der Waals surface area contributed by atoms with Gasteiger partial charge in [0.15, 0.2) is 0 Å². The van der Waals surface area contributed by atoms with Gasteiger partial charge in [0.25, 0.3) is 0 Å². The maximum Gasteiger partial charge on any atom is 0.0695 e. The van der Waals surface area contributed by atoms with Crippen molar-refractivity contribution < 1.29 is 0 Å². The molecule has 0 fully saturated rings. The summed E-state index contributed by atoms with van der Waals surface area (Å²) in [5, 5.41) is 0. The predicted molar refractivity (Wildman–Crippen MR) is 48.9 cm³/mol. The highest BCUT2D eigenvalue weighted by atomic mass is 14.7. The second kappa shape index (κ2) is 3.56. The molecule has 0 amide bonds. The molecule has 1 aromatic carbocycles. The van der Waals surface area contributed by atoms with Crippen LogP contribution in [0.15, 0.2) is 35.5 Å². The van der Waals surface area contributed by atoms with Gasteiger partial charge in [-0.2, -0.15) is 0 Å². The second-order valence-corrected chi connectivity index (χ2v) is 2.08. The molecule has 56 valence electrons. The molecule has 1 aromatic rings. The van der Waals surface area contributed by atoms with Gasteiger partial charge in [-0.15, -0.1) is 0 Å². The molecule has 1 rings (SSSR count). The molecule has 2 nitrogen and oxygen atoms in total. The van der Waals surface area contributed by atoms with E-state index in [9.17, 15) is 0 Å². The van der Waals surface area contributed by atoms with Crippen LogP contribution in [0.4, 0.5) is 5.69 Å². The molecule has 0 saturated carbocycles. The number of para-hydroxylation sites is 1. The lowest BCUT2D eigenvalue weighted by molar-refractivity contribution is 1.51. The number of nitrogens with zero attached hydrogens (tertiary/aromatic N) is 1. The van der Waals surface area contributed by atoms with Gasteiger partial charge < -0.3 is 5.73 Å². The lowest BCUT2D eigenvalue weighted by Crippen LogP contribution is -1.77. The minimum atomic E-state index is 0.856. The van der Waals surface area contributed by atoms with Crippen molar-refractivity contribution >= 4 is 18.5 Å². The summed E-state index contributed by atoms with van der Waals surface area (Å²) in [7, 11) is 0. The maximum atomic E-state index is 5.24. The minimum Gasteiger partial charge on any atom is -0.405 e. The van der Waals surface area contributed by atoms with Gasteiger partial charge in [-0.05, 0) is 25.1 Å². The molecule has 0 aliphatic heterocycles. The van der Waals surface area contributed by atoms with E-state index in [1.54, 1.807) is 6.08 Å². The van der Waals surface area contributed by atoms with Crippen molar-refractivity contribution in [1.29, 1.82) is 0 Å². The van der Waals surface area contributed by atoms with Gasteiger partial charge >= 0.3 is 0 Å². The second-order valence-electron chi connectivity index (χ2n) is 2.08. The third-order valence-electron chi connectivity index (χ3n) is 1.38. The molecule has 2 N–H and O–H groups in total. The van der Waals surface area contributed by atoms with Crippen LogP contribution in [-0.4, -0.2) is 6.72 Å². The molecule has 0 unspecified atom stereocenters. The number of nitrogens with two attached hydrogens (primary N) is 1. The Labute approximate surface area is 66.1 Å². The summed E-state index contributed by atoms with van der Waals surface area (Å²) >= 11 is 0. The van der Waals surface area contributed by atoms with Crippen molar-refractivity contribution in [1.82, 2.24) is 0 Å². The Hall–Kier alpha value is -1.57. The summed E-state index contributed by atoms with van der Waals surface area (Å²) in [4.78, 5) is 3.83. The smallest absolute Gasteiger partial charge is 0.0695 e. The average Bonchev–Trinajstić information content (AvgIpc) is 2.06. The molecule has 0 saturated heterocycles. The summed E-state index contributed by atoms with van der Waals surface area (Å²) in [6.07, 6.45) is 3.29. The molecule has 2 heteroatoms. The summed E-state index contributed by atoms with van der Waals surface area (Å²) in [5.41, 5.74) is 7.09. The molecular weight excluding hydrogens is 136 g/mol. The van der Waals surface area contributed by atoms with E-state index in [-0.39, 0.29) is 0 Å². The molecule has 0 spiro atoms. The first-order valence-corrected chi connectivity index (χ1v) is 3.32. The number of benzene rings is 1. The summed E-state index contributed by atoms with van der Waals surface area (Å²) < 4.78 is 0. The Morgan fingerprint density at radius 1 is 1.36 bits per heavy atom. The zero-order valence-corrected chi connectivity index (χ0v) is 6.20. The number of hydrogen-bond acceptors (Lipinski definition) is 2. The van der Waals surface area contributed by atoms with E-state index in [1.165, 1.54) is 6.20 Å². The molecule has 0 aliphatic carbocycles. The fraction of sp³-hybridized carbons (Fsp3) is 0. The van der Waals surface area contributed by atoms with Crippen molar-refractivity contribution in [3.63, 3.8) is 0 Å². The van der Waals surface area contributed by atoms with E-state index in [0.29, 0.717) is 0 Å². The predicted octanol–water partition coefficient (Wildman–Crippen LogP) is 1.95. The third kappa shape index (κ3) is 1.67. The van der Waals surface area contributed by atoms with Gasteiger partial charge in [0.1, 0.15) is 0 Å². The van der Waals surface area contributed by atoms with Crippen LogP contribution in [0.25, 0.3) is 6.08 Å². The van der Waals surface area contributed by atoms with Crippen molar-refractivity contribution in [2.24, 2.45) is 10.7 Å². The van der Waals surface area contributed by atoms with E-state index in [4.69, 9.17) is 5.73 Å². The van der Waals surface area contributed by atoms with Crippen molar-refractivity contribution in [2.45, 2.75) is 0 Å². The Bertz CT molecular complexity index is 277. The molecule has 0 radical (unpaired) electrons. The first-order valence-electron chi connectivity index (χ1n) is 3.32. The van der Waals surface area contributed by atoms with E-state index in [1.807, 2.05) is 24.3 Å². The lowest BCUT2D eigenvalue weighted by atomic mass is 10.2. The number of aliphatic imine (C=N–C) groups is 1. The quantitative estimate of drug-likeness (QED) is 0.636. The lowest BCUT2D eigenvalue weighted by Gasteiger charge is -1.96. The molecule has 0 aliphatic rings. The van der Waals surface area contributed by atoms with Gasteiger partial charge in [0, 0.05) is 5.56 Å². The van der Waals surface area contributed by atoms with Crippen LogP contribution in [0.3, 0.4) is 0 Å². The average molecular weight is 146 g/mol. The van der Waals surface area contributed by atoms with E-state index >= 15 is 0 Å². The minimum absolute atomic E-state index is 0.856. The first kappa shape index (κ1) is 7.54. The topological polar surface area (TPSA) is 38.4 Å². The Balaban J connectivity index is 3.11. The Morgan fingerprint density at radius 3 is 2.73 bits per heavy atom. The molecular formula is C9H10N2.